The van der Waals surface area contributed by atoms with E-state index in [1.165, 1.54) is 63.5 Å². The van der Waals surface area contributed by atoms with Crippen LogP contribution in [-0.2, 0) is 64.1 Å². The van der Waals surface area contributed by atoms with E-state index in [4.69, 9.17) is 37.9 Å². The molecule has 13 atom stereocenters. The molecule has 2 unspecified atom stereocenters. The molecule has 4 heterocycles. The molecule has 7 rings (SSSR count). The molecule has 20 heteroatoms. The molecule has 0 radical (unpaired) electrons. The zero-order chi connectivity index (χ0) is 48.3. The Hall–Kier alpha value is -6.51. The summed E-state index contributed by atoms with van der Waals surface area (Å²) in [5, 5.41) is 26.6. The van der Waals surface area contributed by atoms with Gasteiger partial charge in [-0.05, 0) is 44.2 Å². The number of aliphatic hydroxyl groups excluding tert-OH is 1. The summed E-state index contributed by atoms with van der Waals surface area (Å²) in [5.41, 5.74) is -11.5. The van der Waals surface area contributed by atoms with Crippen LogP contribution >= 0.6 is 0 Å². The molecule has 2 saturated carbocycles. The van der Waals surface area contributed by atoms with E-state index in [2.05, 4.69) is 4.98 Å². The van der Waals surface area contributed by atoms with Crippen molar-refractivity contribution in [2.45, 2.75) is 108 Å². The van der Waals surface area contributed by atoms with Crippen molar-refractivity contribution in [2.75, 3.05) is 13.2 Å². The Morgan fingerprint density at radius 1 is 0.803 bits per heavy atom. The van der Waals surface area contributed by atoms with Crippen molar-refractivity contribution in [3.05, 3.63) is 99.7 Å². The van der Waals surface area contributed by atoms with E-state index in [9.17, 15) is 48.6 Å². The molecule has 1 saturated heterocycles. The second-order valence-corrected chi connectivity index (χ2v) is 17.6. The van der Waals surface area contributed by atoms with Crippen LogP contribution in [0.3, 0.4) is 0 Å². The molecule has 2 aliphatic carbocycles. The second kappa shape index (κ2) is 17.4. The molecule has 3 fully saturated rings. The van der Waals surface area contributed by atoms with E-state index in [1.54, 1.807) is 13.0 Å². The fourth-order valence-corrected chi connectivity index (χ4v) is 10.3. The molecule has 1 aromatic carbocycles. The molecule has 2 aromatic heterocycles. The van der Waals surface area contributed by atoms with Crippen LogP contribution in [-0.4, -0.2) is 128 Å². The Morgan fingerprint density at radius 3 is 2.09 bits per heavy atom. The van der Waals surface area contributed by atoms with Crippen molar-refractivity contribution in [3.8, 4) is 0 Å². The highest BCUT2D eigenvalue weighted by Gasteiger charge is 2.91. The highest BCUT2D eigenvalue weighted by molar-refractivity contribution is 5.92. The number of cyclic esters (lactones) is 1. The van der Waals surface area contributed by atoms with Crippen molar-refractivity contribution >= 4 is 41.8 Å². The Bertz CT molecular complexity index is 2520. The molecule has 0 amide bonds. The van der Waals surface area contributed by atoms with Crippen LogP contribution in [0.1, 0.15) is 91.2 Å². The van der Waals surface area contributed by atoms with E-state index in [-0.39, 0.29) is 22.4 Å². The largest absolute Gasteiger partial charge is 0.465 e. The summed E-state index contributed by atoms with van der Waals surface area (Å²) >= 11 is 0. The number of aliphatic hydroxyl groups is 2. The first-order valence-corrected chi connectivity index (χ1v) is 21.1. The summed E-state index contributed by atoms with van der Waals surface area (Å²) in [6.07, 6.45) is -10.5. The third-order valence-electron chi connectivity index (χ3n) is 13.4. The van der Waals surface area contributed by atoms with Gasteiger partial charge in [0.25, 0.3) is 0 Å². The highest BCUT2D eigenvalue weighted by atomic mass is 16.7. The zero-order valence-corrected chi connectivity index (χ0v) is 37.3. The van der Waals surface area contributed by atoms with Gasteiger partial charge in [0.05, 0.1) is 34.2 Å². The van der Waals surface area contributed by atoms with E-state index in [1.807, 2.05) is 0 Å². The number of ether oxygens (including phenoxy) is 8. The molecule has 3 aromatic rings. The van der Waals surface area contributed by atoms with Crippen molar-refractivity contribution < 1.29 is 81.7 Å². The van der Waals surface area contributed by atoms with E-state index >= 15 is 0 Å². The van der Waals surface area contributed by atoms with Gasteiger partial charge in [-0.2, -0.15) is 0 Å². The normalized spacial score (nSPS) is 34.6. The molecule has 2 N–H and O–H groups in total. The van der Waals surface area contributed by atoms with Crippen LogP contribution in [0.5, 0.6) is 0 Å². The molecule has 20 nitrogen and oxygen atoms in total. The van der Waals surface area contributed by atoms with Crippen LogP contribution in [0, 0.1) is 17.3 Å². The lowest BCUT2D eigenvalue weighted by Crippen LogP contribution is -2.89. The summed E-state index contributed by atoms with van der Waals surface area (Å²) in [5.74, 6) is -11.3. The number of esters is 7. The van der Waals surface area contributed by atoms with Gasteiger partial charge in [-0.15, -0.1) is 0 Å². The van der Waals surface area contributed by atoms with Gasteiger partial charge >= 0.3 is 41.8 Å². The first-order valence-electron chi connectivity index (χ1n) is 21.1. The number of pyridine rings is 2. The van der Waals surface area contributed by atoms with Crippen molar-refractivity contribution in [3.63, 3.8) is 0 Å². The van der Waals surface area contributed by atoms with Crippen molar-refractivity contribution in [1.82, 2.24) is 9.55 Å². The van der Waals surface area contributed by atoms with Crippen LogP contribution in [0.15, 0.2) is 71.8 Å². The molecule has 4 bridgehead atoms. The molecular weight excluding hydrogens is 869 g/mol. The fourth-order valence-electron chi connectivity index (χ4n) is 10.3. The summed E-state index contributed by atoms with van der Waals surface area (Å²) in [7, 11) is 1.35. The average Bonchev–Trinajstić information content (AvgIpc) is 3.49. The number of fused-ring (bicyclic) bond motifs is 5. The van der Waals surface area contributed by atoms with E-state index in [0.29, 0.717) is 0 Å². The van der Waals surface area contributed by atoms with Gasteiger partial charge in [0.2, 0.25) is 5.56 Å². The van der Waals surface area contributed by atoms with Gasteiger partial charge in [0, 0.05) is 52.2 Å². The van der Waals surface area contributed by atoms with Gasteiger partial charge in [-0.25, -0.2) is 14.4 Å². The third-order valence-corrected chi connectivity index (χ3v) is 13.4. The molecule has 352 valence electrons. The smallest absolute Gasteiger partial charge is 0.340 e. The number of rotatable bonds is 8. The standard InChI is InChI=1S/C46H50N2O18/c1-22-23(2)39(54)64-37-34(63-41(56)28-16-17-30(52)48(8)19-28)38(65-40(55)27-13-10-9-11-14-27)45(21-59-24(3)49)36(62-26(5)51)33(53)31-35(61-25(4)50)46(45,44(37,7)58)66-43(31,6)20-60-42(57)29-15-12-18-47-32(22)29/h9-19,22-23,31,33-38,53,58H,20-21H2,1-8H3/t22-,23+,31+,33-,34-,35+,36+,37-,38-,43?,44?,45+,46-/m0/s1. The van der Waals surface area contributed by atoms with Crippen LogP contribution in [0.4, 0.5) is 0 Å². The molecular formula is C46H50N2O18. The predicted molar refractivity (Wildman–Crippen MR) is 221 cm³/mol. The summed E-state index contributed by atoms with van der Waals surface area (Å²) in [6, 6.07) is 12.4. The first kappa shape index (κ1) is 47.5. The van der Waals surface area contributed by atoms with E-state index < -0.39 is 137 Å². The number of aromatic nitrogens is 2. The lowest BCUT2D eigenvalue weighted by atomic mass is 9.45. The minimum absolute atomic E-state index is 0.0623. The second-order valence-electron chi connectivity index (χ2n) is 17.6. The Kier molecular flexibility index (Phi) is 12.5. The number of hydrogen-bond acceptors (Lipinski definition) is 19. The maximum Gasteiger partial charge on any atom is 0.340 e. The first-order chi connectivity index (χ1) is 31.0. The van der Waals surface area contributed by atoms with Gasteiger partial charge in [0.15, 0.2) is 23.9 Å². The topological polar surface area (TPSA) is 269 Å². The van der Waals surface area contributed by atoms with Crippen LogP contribution < -0.4 is 5.56 Å². The monoisotopic (exact) mass is 918 g/mol. The predicted octanol–water partition coefficient (Wildman–Crippen LogP) is 1.75. The van der Waals surface area contributed by atoms with Gasteiger partial charge in [-0.1, -0.05) is 32.0 Å². The average molecular weight is 919 g/mol. The third kappa shape index (κ3) is 7.59. The number of nitrogens with zero attached hydrogens (tertiary/aromatic N) is 2. The molecule has 66 heavy (non-hydrogen) atoms. The van der Waals surface area contributed by atoms with Crippen molar-refractivity contribution in [2.24, 2.45) is 24.3 Å². The van der Waals surface area contributed by atoms with Gasteiger partial charge < -0.3 is 52.7 Å². The zero-order valence-electron chi connectivity index (χ0n) is 37.3. The van der Waals surface area contributed by atoms with Crippen LogP contribution in [0.25, 0.3) is 0 Å². The van der Waals surface area contributed by atoms with Gasteiger partial charge in [-0.3, -0.25) is 29.0 Å². The number of benzene rings is 1. The van der Waals surface area contributed by atoms with Crippen molar-refractivity contribution in [1.29, 1.82) is 0 Å². The maximum absolute atomic E-state index is 14.8. The maximum atomic E-state index is 14.8. The number of aryl methyl sites for hydroxylation is 1. The Labute approximate surface area is 377 Å². The molecule has 4 aliphatic rings. The van der Waals surface area contributed by atoms with Crippen LogP contribution in [0.2, 0.25) is 0 Å². The fraction of sp³-hybridized carbons (Fsp3) is 0.500. The summed E-state index contributed by atoms with van der Waals surface area (Å²) in [6.45, 7) is 6.51. The summed E-state index contributed by atoms with van der Waals surface area (Å²) < 4.78 is 50.8. The Balaban J connectivity index is 1.62. The highest BCUT2D eigenvalue weighted by Crippen LogP contribution is 2.70. The SMILES string of the molecule is CC(=O)OC[C@]12[C@H](OC(C)=O)[C@@H](O)[C@@H]3[C@@H](OC(C)=O)[C@@]14OC3(C)COC(=O)c1cccnc1[C@@H](C)[C@@H](C)C(=O)O[C@@H]([C@H](OC(=O)c1ccc(=O)n(C)c1)[C@@H]2OC(=O)c1ccccc1)C4(C)O. The molecule has 1 spiro atoms. The minimum atomic E-state index is -2.94. The minimum Gasteiger partial charge on any atom is -0.465 e. The quantitative estimate of drug-likeness (QED) is 0.241. The number of hydrogen-bond donors (Lipinski definition) is 2. The van der Waals surface area contributed by atoms with Gasteiger partial charge in [0.1, 0.15) is 48.1 Å². The lowest BCUT2D eigenvalue weighted by Gasteiger charge is -2.67. The Morgan fingerprint density at radius 2 is 1.45 bits per heavy atom. The van der Waals surface area contributed by atoms with E-state index in [0.717, 1.165) is 50.6 Å². The lowest BCUT2D eigenvalue weighted by molar-refractivity contribution is -0.384. The number of carbonyl (C=O) groups excluding carboxylic acids is 7. The molecule has 2 aliphatic heterocycles. The number of carbonyl (C=O) groups is 7. The summed E-state index contributed by atoms with van der Waals surface area (Å²) in [4.78, 5) is 115.